The summed E-state index contributed by atoms with van der Waals surface area (Å²) in [6.45, 7) is 12.1. The zero-order chi connectivity index (χ0) is 10.6. The molecule has 0 aromatic heterocycles. The summed E-state index contributed by atoms with van der Waals surface area (Å²) >= 11 is 0. The standard InChI is InChI=1S/C14H20/c1-5-11(2)9-10-12(3)13(4)14-7-6-8-14/h5,9-10,14H,1,4,6-8H2,2-3H3/b11-9-,12-10+. The van der Waals surface area contributed by atoms with E-state index in [4.69, 9.17) is 0 Å². The van der Waals surface area contributed by atoms with Crippen LogP contribution in [-0.2, 0) is 0 Å². The fourth-order valence-electron chi connectivity index (χ4n) is 1.51. The van der Waals surface area contributed by atoms with E-state index in [1.807, 2.05) is 6.08 Å². The molecule has 0 aromatic rings. The van der Waals surface area contributed by atoms with E-state index in [0.29, 0.717) is 0 Å². The van der Waals surface area contributed by atoms with E-state index >= 15 is 0 Å². The van der Waals surface area contributed by atoms with Crippen molar-refractivity contribution >= 4 is 0 Å². The Labute approximate surface area is 87.7 Å². The van der Waals surface area contributed by atoms with Crippen LogP contribution in [0.2, 0.25) is 0 Å². The predicted molar refractivity (Wildman–Crippen MR) is 64.2 cm³/mol. The Kier molecular flexibility index (Phi) is 3.94. The van der Waals surface area contributed by atoms with E-state index in [2.05, 4.69) is 39.2 Å². The Morgan fingerprint density at radius 2 is 1.86 bits per heavy atom. The van der Waals surface area contributed by atoms with Crippen molar-refractivity contribution in [3.63, 3.8) is 0 Å². The molecule has 0 heterocycles. The highest BCUT2D eigenvalue weighted by Crippen LogP contribution is 2.35. The van der Waals surface area contributed by atoms with Gasteiger partial charge in [0.05, 0.1) is 0 Å². The molecule has 0 saturated heterocycles. The van der Waals surface area contributed by atoms with Gasteiger partial charge in [-0.1, -0.05) is 43.4 Å². The van der Waals surface area contributed by atoms with Gasteiger partial charge in [-0.3, -0.25) is 0 Å². The zero-order valence-electron chi connectivity index (χ0n) is 9.34. The van der Waals surface area contributed by atoms with Crippen LogP contribution in [0.15, 0.2) is 48.1 Å². The van der Waals surface area contributed by atoms with Crippen LogP contribution < -0.4 is 0 Å². The molecular formula is C14H20. The Hall–Kier alpha value is -1.04. The molecule has 76 valence electrons. The van der Waals surface area contributed by atoms with Crippen LogP contribution in [0.1, 0.15) is 33.1 Å². The van der Waals surface area contributed by atoms with Gasteiger partial charge < -0.3 is 0 Å². The summed E-state index contributed by atoms with van der Waals surface area (Å²) in [7, 11) is 0. The van der Waals surface area contributed by atoms with E-state index in [-0.39, 0.29) is 0 Å². The number of rotatable bonds is 4. The molecule has 0 N–H and O–H groups in total. The lowest BCUT2D eigenvalue weighted by molar-refractivity contribution is 0.372. The molecule has 1 aliphatic carbocycles. The maximum absolute atomic E-state index is 4.16. The molecular weight excluding hydrogens is 168 g/mol. The van der Waals surface area contributed by atoms with Crippen molar-refractivity contribution in [1.29, 1.82) is 0 Å². The van der Waals surface area contributed by atoms with Gasteiger partial charge in [0.1, 0.15) is 0 Å². The van der Waals surface area contributed by atoms with Crippen LogP contribution in [0, 0.1) is 5.92 Å². The SMILES string of the molecule is C=C/C(C)=C\C=C(/C)C(=C)C1CCC1. The van der Waals surface area contributed by atoms with Crippen molar-refractivity contribution in [1.82, 2.24) is 0 Å². The minimum Gasteiger partial charge on any atom is -0.0988 e. The van der Waals surface area contributed by atoms with E-state index < -0.39 is 0 Å². The van der Waals surface area contributed by atoms with E-state index in [9.17, 15) is 0 Å². The third-order valence-electron chi connectivity index (χ3n) is 3.02. The summed E-state index contributed by atoms with van der Waals surface area (Å²) in [6.07, 6.45) is 10.2. The van der Waals surface area contributed by atoms with Crippen molar-refractivity contribution in [2.75, 3.05) is 0 Å². The molecule has 14 heavy (non-hydrogen) atoms. The number of hydrogen-bond donors (Lipinski definition) is 0. The average Bonchev–Trinajstić information content (AvgIpc) is 2.10. The summed E-state index contributed by atoms with van der Waals surface area (Å²) < 4.78 is 0. The van der Waals surface area contributed by atoms with E-state index in [1.54, 1.807) is 0 Å². The predicted octanol–water partition coefficient (Wildman–Crippen LogP) is 4.42. The van der Waals surface area contributed by atoms with E-state index in [0.717, 1.165) is 5.92 Å². The average molecular weight is 188 g/mol. The first-order valence-electron chi connectivity index (χ1n) is 5.32. The second-order valence-corrected chi connectivity index (χ2v) is 4.12. The molecule has 0 amide bonds. The molecule has 1 aliphatic rings. The molecule has 0 heteroatoms. The molecule has 0 aliphatic heterocycles. The van der Waals surface area contributed by atoms with Gasteiger partial charge in [0.2, 0.25) is 0 Å². The topological polar surface area (TPSA) is 0 Å². The van der Waals surface area contributed by atoms with Crippen LogP contribution >= 0.6 is 0 Å². The molecule has 0 unspecified atom stereocenters. The number of allylic oxidation sites excluding steroid dienone is 6. The molecule has 0 spiro atoms. The van der Waals surface area contributed by atoms with Crippen molar-refractivity contribution in [3.05, 3.63) is 48.1 Å². The first kappa shape index (κ1) is 11.0. The van der Waals surface area contributed by atoms with Gasteiger partial charge in [-0.25, -0.2) is 0 Å². The van der Waals surface area contributed by atoms with Gasteiger partial charge in [0.15, 0.2) is 0 Å². The van der Waals surface area contributed by atoms with Crippen molar-refractivity contribution < 1.29 is 0 Å². The Morgan fingerprint density at radius 1 is 1.21 bits per heavy atom. The molecule has 1 saturated carbocycles. The van der Waals surface area contributed by atoms with Gasteiger partial charge in [-0.05, 0) is 43.8 Å². The fourth-order valence-corrected chi connectivity index (χ4v) is 1.51. The fraction of sp³-hybridized carbons (Fsp3) is 0.429. The Balaban J connectivity index is 2.58. The smallest absolute Gasteiger partial charge is 0.0165 e. The molecule has 1 fully saturated rings. The van der Waals surface area contributed by atoms with Crippen molar-refractivity contribution in [3.8, 4) is 0 Å². The molecule has 1 rings (SSSR count). The first-order chi connectivity index (χ1) is 6.65. The number of hydrogen-bond acceptors (Lipinski definition) is 0. The molecule has 0 bridgehead atoms. The summed E-state index contributed by atoms with van der Waals surface area (Å²) in [4.78, 5) is 0. The quantitative estimate of drug-likeness (QED) is 0.573. The van der Waals surface area contributed by atoms with Crippen LogP contribution in [-0.4, -0.2) is 0 Å². The minimum atomic E-state index is 0.753. The van der Waals surface area contributed by atoms with Gasteiger partial charge in [-0.2, -0.15) is 0 Å². The lowest BCUT2D eigenvalue weighted by Crippen LogP contribution is -2.13. The zero-order valence-corrected chi connectivity index (χ0v) is 9.34. The van der Waals surface area contributed by atoms with Gasteiger partial charge in [0.25, 0.3) is 0 Å². The van der Waals surface area contributed by atoms with Gasteiger partial charge in [0, 0.05) is 0 Å². The van der Waals surface area contributed by atoms with Crippen LogP contribution in [0.25, 0.3) is 0 Å². The second kappa shape index (κ2) is 4.99. The first-order valence-corrected chi connectivity index (χ1v) is 5.32. The largest absolute Gasteiger partial charge is 0.0988 e. The van der Waals surface area contributed by atoms with Gasteiger partial charge >= 0.3 is 0 Å². The lowest BCUT2D eigenvalue weighted by atomic mass is 9.78. The summed E-state index contributed by atoms with van der Waals surface area (Å²) in [5.41, 5.74) is 3.84. The maximum atomic E-state index is 4.16. The monoisotopic (exact) mass is 188 g/mol. The highest BCUT2D eigenvalue weighted by atomic mass is 14.3. The summed E-state index contributed by atoms with van der Waals surface area (Å²) in [5.74, 6) is 0.753. The maximum Gasteiger partial charge on any atom is -0.0165 e. The van der Waals surface area contributed by atoms with Crippen molar-refractivity contribution in [2.45, 2.75) is 33.1 Å². The lowest BCUT2D eigenvalue weighted by Gasteiger charge is -2.27. The highest BCUT2D eigenvalue weighted by molar-refractivity contribution is 5.34. The highest BCUT2D eigenvalue weighted by Gasteiger charge is 2.20. The molecule has 0 aromatic carbocycles. The third-order valence-corrected chi connectivity index (χ3v) is 3.02. The Bertz CT molecular complexity index is 285. The molecule has 0 radical (unpaired) electrons. The summed E-state index contributed by atoms with van der Waals surface area (Å²) in [6, 6.07) is 0. The minimum absolute atomic E-state index is 0.753. The van der Waals surface area contributed by atoms with Crippen LogP contribution in [0.5, 0.6) is 0 Å². The van der Waals surface area contributed by atoms with E-state index in [1.165, 1.54) is 36.0 Å². The van der Waals surface area contributed by atoms with Crippen LogP contribution in [0.3, 0.4) is 0 Å². The Morgan fingerprint density at radius 3 is 2.29 bits per heavy atom. The van der Waals surface area contributed by atoms with Crippen LogP contribution in [0.4, 0.5) is 0 Å². The van der Waals surface area contributed by atoms with Crippen molar-refractivity contribution in [2.24, 2.45) is 5.92 Å². The summed E-state index contributed by atoms with van der Waals surface area (Å²) in [5, 5.41) is 0. The second-order valence-electron chi connectivity index (χ2n) is 4.12. The normalized spacial score (nSPS) is 19.0. The molecule has 0 atom stereocenters. The third kappa shape index (κ3) is 2.73. The van der Waals surface area contributed by atoms with Gasteiger partial charge in [-0.15, -0.1) is 0 Å². The molecule has 0 nitrogen and oxygen atoms in total.